The lowest BCUT2D eigenvalue weighted by atomic mass is 9.56. The van der Waals surface area contributed by atoms with Crippen molar-refractivity contribution in [2.24, 2.45) is 5.92 Å². The Hall–Kier alpha value is -1.13. The van der Waals surface area contributed by atoms with Gasteiger partial charge in [0.05, 0.1) is 5.92 Å². The van der Waals surface area contributed by atoms with Crippen LogP contribution in [0.1, 0.15) is 87.5 Å². The monoisotopic (exact) mass is 478 g/mol. The van der Waals surface area contributed by atoms with Crippen LogP contribution in [0, 0.1) is 17.8 Å². The van der Waals surface area contributed by atoms with Crippen LogP contribution < -0.4 is 0 Å². The summed E-state index contributed by atoms with van der Waals surface area (Å²) < 4.78 is 18.5. The molecule has 0 aromatic rings. The number of allylic oxidation sites excluding steroid dienone is 1. The Morgan fingerprint density at radius 1 is 1.21 bits per heavy atom. The van der Waals surface area contributed by atoms with E-state index in [1.165, 1.54) is 6.92 Å². The molecule has 6 heteroatoms. The van der Waals surface area contributed by atoms with E-state index in [9.17, 15) is 9.90 Å². The number of esters is 1. The minimum atomic E-state index is -2.12. The minimum absolute atomic E-state index is 0.0290. The predicted octanol–water partition coefficient (Wildman–Crippen LogP) is 5.77. The van der Waals surface area contributed by atoms with Crippen LogP contribution in [0.4, 0.5) is 0 Å². The molecule has 0 heterocycles. The quantitative estimate of drug-likeness (QED) is 0.218. The molecule has 1 N–H and O–H groups in total. The highest BCUT2D eigenvalue weighted by molar-refractivity contribution is 6.77. The van der Waals surface area contributed by atoms with Crippen molar-refractivity contribution in [1.29, 1.82) is 0 Å². The van der Waals surface area contributed by atoms with Crippen LogP contribution in [0.3, 0.4) is 0 Å². The summed E-state index contributed by atoms with van der Waals surface area (Å²) in [6, 6.07) is 0. The fraction of sp³-hybridized carbons (Fsp3) is 0.815. The Kier molecular flexibility index (Phi) is 9.43. The van der Waals surface area contributed by atoms with Crippen molar-refractivity contribution < 1.29 is 23.8 Å². The maximum atomic E-state index is 12.3. The summed E-state index contributed by atoms with van der Waals surface area (Å²) in [7, 11) is -0.403. The lowest BCUT2D eigenvalue weighted by Crippen LogP contribution is -2.68. The number of rotatable bonds is 7. The maximum Gasteiger partial charge on any atom is 0.303 e. The Morgan fingerprint density at radius 2 is 1.82 bits per heavy atom. The van der Waals surface area contributed by atoms with Crippen LogP contribution in [0.15, 0.2) is 11.6 Å². The number of hydrogen-bond acceptors (Lipinski definition) is 5. The molecular formula is C27H46O5Si. The largest absolute Gasteiger partial charge is 0.453 e. The van der Waals surface area contributed by atoms with E-state index in [2.05, 4.69) is 53.4 Å². The first-order valence-electron chi connectivity index (χ1n) is 12.6. The molecule has 0 aromatic heterocycles. The van der Waals surface area contributed by atoms with Gasteiger partial charge in [-0.2, -0.15) is 0 Å². The zero-order valence-electron chi connectivity index (χ0n) is 22.3. The number of fused-ring (bicyclic) bond motifs is 1. The van der Waals surface area contributed by atoms with Crippen molar-refractivity contribution in [3.8, 4) is 11.8 Å². The van der Waals surface area contributed by atoms with Crippen molar-refractivity contribution in [1.82, 2.24) is 0 Å². The van der Waals surface area contributed by atoms with Gasteiger partial charge in [-0.25, -0.2) is 0 Å². The molecule has 0 radical (unpaired) electrons. The molecule has 0 amide bonds. The minimum Gasteiger partial charge on any atom is -0.453 e. The normalized spacial score (nSPS) is 31.5. The van der Waals surface area contributed by atoms with Gasteiger partial charge >= 0.3 is 5.97 Å². The Bertz CT molecular complexity index is 755. The first kappa shape index (κ1) is 28.1. The van der Waals surface area contributed by atoms with Gasteiger partial charge < -0.3 is 19.0 Å². The summed E-state index contributed by atoms with van der Waals surface area (Å²) in [6.07, 6.45) is 5.90. The summed E-state index contributed by atoms with van der Waals surface area (Å²) in [5, 5.41) is 12.3. The van der Waals surface area contributed by atoms with Crippen molar-refractivity contribution in [2.45, 2.75) is 121 Å². The molecule has 2 rings (SSSR count). The third-order valence-corrected chi connectivity index (χ3v) is 14.4. The molecule has 0 saturated heterocycles. The van der Waals surface area contributed by atoms with E-state index in [0.717, 1.165) is 24.8 Å². The topological polar surface area (TPSA) is 65.0 Å². The number of methoxy groups -OCH3 is 1. The molecule has 0 bridgehead atoms. The van der Waals surface area contributed by atoms with Gasteiger partial charge in [-0.15, -0.1) is 0 Å². The number of aliphatic hydroxyl groups is 1. The highest BCUT2D eigenvalue weighted by Crippen LogP contribution is 2.56. The van der Waals surface area contributed by atoms with Gasteiger partial charge in [-0.1, -0.05) is 59.5 Å². The molecule has 5 nitrogen and oxygen atoms in total. The van der Waals surface area contributed by atoms with E-state index in [1.54, 1.807) is 7.11 Å². The molecule has 2 saturated carbocycles. The molecule has 188 valence electrons. The molecule has 2 aliphatic rings. The van der Waals surface area contributed by atoms with Gasteiger partial charge in [0.1, 0.15) is 11.2 Å². The average Bonchev–Trinajstić information content (AvgIpc) is 2.73. The zero-order valence-corrected chi connectivity index (χ0v) is 23.3. The second-order valence-corrected chi connectivity index (χ2v) is 16.2. The van der Waals surface area contributed by atoms with Crippen molar-refractivity contribution in [3.63, 3.8) is 0 Å². The molecule has 2 fully saturated rings. The van der Waals surface area contributed by atoms with Gasteiger partial charge in [0.15, 0.2) is 6.61 Å². The smallest absolute Gasteiger partial charge is 0.303 e. The molecule has 0 spiro atoms. The fourth-order valence-corrected chi connectivity index (χ4v) is 12.5. The van der Waals surface area contributed by atoms with Crippen molar-refractivity contribution in [2.75, 3.05) is 13.7 Å². The van der Waals surface area contributed by atoms with Gasteiger partial charge in [0.2, 0.25) is 8.32 Å². The number of carbonyl (C=O) groups excluding carboxylic acids is 1. The van der Waals surface area contributed by atoms with Crippen LogP contribution in [-0.4, -0.2) is 50.4 Å². The van der Waals surface area contributed by atoms with E-state index in [4.69, 9.17) is 13.9 Å². The summed E-state index contributed by atoms with van der Waals surface area (Å²) in [4.78, 5) is 11.2. The lowest BCUT2D eigenvalue weighted by molar-refractivity contribution is -0.217. The fourth-order valence-electron chi connectivity index (χ4n) is 6.88. The van der Waals surface area contributed by atoms with Crippen LogP contribution in [-0.2, 0) is 18.7 Å². The third kappa shape index (κ3) is 5.12. The second-order valence-electron chi connectivity index (χ2n) is 10.8. The first-order chi connectivity index (χ1) is 15.4. The van der Waals surface area contributed by atoms with E-state index >= 15 is 0 Å². The summed E-state index contributed by atoms with van der Waals surface area (Å²) >= 11 is 0. The Balaban J connectivity index is 2.53. The molecule has 4 atom stereocenters. The molecule has 0 aliphatic heterocycles. The molecule has 2 aliphatic carbocycles. The van der Waals surface area contributed by atoms with Crippen LogP contribution in [0.25, 0.3) is 0 Å². The molecule has 0 aromatic carbocycles. The highest BCUT2D eigenvalue weighted by atomic mass is 28.4. The number of carbonyl (C=O) groups is 1. The van der Waals surface area contributed by atoms with Gasteiger partial charge in [0, 0.05) is 26.6 Å². The van der Waals surface area contributed by atoms with Crippen LogP contribution >= 0.6 is 0 Å². The van der Waals surface area contributed by atoms with E-state index in [1.807, 2.05) is 13.0 Å². The second kappa shape index (κ2) is 11.1. The van der Waals surface area contributed by atoms with Gasteiger partial charge in [-0.05, 0) is 54.8 Å². The maximum absolute atomic E-state index is 12.3. The first-order valence-corrected chi connectivity index (χ1v) is 14.8. The Morgan fingerprint density at radius 3 is 2.30 bits per heavy atom. The van der Waals surface area contributed by atoms with E-state index < -0.39 is 19.5 Å². The summed E-state index contributed by atoms with van der Waals surface area (Å²) in [5.41, 5.74) is 0.520. The standard InChI is InChI=1S/C27H46O5Si/c1-10-23-13-11-15-26(30-9)18-25(32-33(19(2)3,20(4)5)21(6)7)17-24(27(23,26)29)14-12-16-31-22(8)28/h10,19-21,24-25,29H,11,13,15-18H2,1-9H3/b23-10+/t24-,25+,26-,27-/m1/s1. The third-order valence-electron chi connectivity index (χ3n) is 8.21. The molecule has 33 heavy (non-hydrogen) atoms. The summed E-state index contributed by atoms with van der Waals surface area (Å²) in [5.74, 6) is 5.58. The SMILES string of the molecule is C/C=C1\CCC[C@@]2(OC)C[C@@H](O[Si](C(C)C)(C(C)C)C(C)C)C[C@@H](C#CCOC(C)=O)[C@]12O. The van der Waals surface area contributed by atoms with Gasteiger partial charge in [-0.3, -0.25) is 4.79 Å². The van der Waals surface area contributed by atoms with Crippen LogP contribution in [0.5, 0.6) is 0 Å². The van der Waals surface area contributed by atoms with E-state index in [-0.39, 0.29) is 24.6 Å². The van der Waals surface area contributed by atoms with Crippen molar-refractivity contribution in [3.05, 3.63) is 11.6 Å². The highest BCUT2D eigenvalue weighted by Gasteiger charge is 2.63. The zero-order chi connectivity index (χ0) is 25.0. The Labute approximate surface area is 202 Å². The van der Waals surface area contributed by atoms with Crippen LogP contribution in [0.2, 0.25) is 16.6 Å². The summed E-state index contributed by atoms with van der Waals surface area (Å²) in [6.45, 7) is 17.2. The number of ether oxygens (including phenoxy) is 2. The number of hydrogen-bond donors (Lipinski definition) is 1. The molecule has 0 unspecified atom stereocenters. The average molecular weight is 479 g/mol. The van der Waals surface area contributed by atoms with Gasteiger partial charge in [0.25, 0.3) is 0 Å². The lowest BCUT2D eigenvalue weighted by Gasteiger charge is -2.59. The van der Waals surface area contributed by atoms with Crippen molar-refractivity contribution >= 4 is 14.3 Å². The predicted molar refractivity (Wildman–Crippen MR) is 135 cm³/mol. The van der Waals surface area contributed by atoms with E-state index in [0.29, 0.717) is 29.5 Å². The molecular weight excluding hydrogens is 432 g/mol.